The van der Waals surface area contributed by atoms with E-state index >= 15 is 0 Å². The van der Waals surface area contributed by atoms with Gasteiger partial charge < -0.3 is 20.1 Å². The van der Waals surface area contributed by atoms with Gasteiger partial charge in [0.1, 0.15) is 6.61 Å². The maximum absolute atomic E-state index is 12.6. The van der Waals surface area contributed by atoms with E-state index in [-0.39, 0.29) is 32.6 Å². The molecule has 0 saturated carbocycles. The maximum atomic E-state index is 12.6. The summed E-state index contributed by atoms with van der Waals surface area (Å²) in [5.74, 6) is -0.884. The summed E-state index contributed by atoms with van der Waals surface area (Å²) in [6.45, 7) is 3.43. The average Bonchev–Trinajstić information content (AvgIpc) is 3.25. The zero-order valence-electron chi connectivity index (χ0n) is 38.1. The van der Waals surface area contributed by atoms with Crippen LogP contribution in [0.15, 0.2) is 109 Å². The second-order valence-electron chi connectivity index (χ2n) is 14.9. The molecule has 9 nitrogen and oxygen atoms in total. The van der Waals surface area contributed by atoms with Crippen molar-refractivity contribution in [3.63, 3.8) is 0 Å². The van der Waals surface area contributed by atoms with Gasteiger partial charge in [-0.25, -0.2) is 4.57 Å². The van der Waals surface area contributed by atoms with Gasteiger partial charge in [-0.05, 0) is 96.3 Å². The highest BCUT2D eigenvalue weighted by Gasteiger charge is 2.26. The third-order valence-corrected chi connectivity index (χ3v) is 10.1. The topological polar surface area (TPSA) is 134 Å². The maximum Gasteiger partial charge on any atom is 0.472 e. The first-order chi connectivity index (χ1) is 29.8. The summed E-state index contributed by atoms with van der Waals surface area (Å²) in [7, 11) is -4.40. The number of carbonyl (C=O) groups is 2. The summed E-state index contributed by atoms with van der Waals surface area (Å²) >= 11 is 0. The Hall–Kier alpha value is -3.33. The van der Waals surface area contributed by atoms with Crippen LogP contribution in [0.1, 0.15) is 168 Å². The lowest BCUT2D eigenvalue weighted by atomic mass is 10.1. The van der Waals surface area contributed by atoms with E-state index in [1.807, 2.05) is 0 Å². The number of rotatable bonds is 42. The molecule has 0 bridgehead atoms. The van der Waals surface area contributed by atoms with Crippen molar-refractivity contribution in [2.24, 2.45) is 5.73 Å². The molecular formula is C51H84NO8P. The van der Waals surface area contributed by atoms with Gasteiger partial charge in [-0.1, -0.05) is 168 Å². The summed E-state index contributed by atoms with van der Waals surface area (Å²) in [5, 5.41) is 0. The fourth-order valence-electron chi connectivity index (χ4n) is 5.77. The number of hydrogen-bond donors (Lipinski definition) is 2. The summed E-state index contributed by atoms with van der Waals surface area (Å²) in [5.41, 5.74) is 5.35. The molecule has 61 heavy (non-hydrogen) atoms. The molecule has 0 amide bonds. The highest BCUT2D eigenvalue weighted by Crippen LogP contribution is 2.43. The van der Waals surface area contributed by atoms with Crippen LogP contribution in [-0.2, 0) is 32.7 Å². The number of hydrogen-bond acceptors (Lipinski definition) is 8. The summed E-state index contributed by atoms with van der Waals surface area (Å²) < 4.78 is 32.8. The minimum absolute atomic E-state index is 0.0415. The van der Waals surface area contributed by atoms with Crippen LogP contribution in [0.25, 0.3) is 0 Å². The molecule has 0 fully saturated rings. The normalized spacial score (nSPS) is 14.2. The summed E-state index contributed by atoms with van der Waals surface area (Å²) in [6.07, 6.45) is 61.3. The quantitative estimate of drug-likeness (QED) is 0.0266. The first kappa shape index (κ1) is 57.7. The van der Waals surface area contributed by atoms with Crippen molar-refractivity contribution in [2.45, 2.75) is 174 Å². The Bertz CT molecular complexity index is 1360. The molecule has 2 atom stereocenters. The van der Waals surface area contributed by atoms with E-state index in [2.05, 4.69) is 123 Å². The van der Waals surface area contributed by atoms with Crippen molar-refractivity contribution in [2.75, 3.05) is 26.4 Å². The van der Waals surface area contributed by atoms with E-state index in [4.69, 9.17) is 24.3 Å². The molecule has 0 aliphatic rings. The molecule has 0 aromatic rings. The first-order valence-electron chi connectivity index (χ1n) is 23.4. The third kappa shape index (κ3) is 46.0. The molecule has 0 saturated heterocycles. The fourth-order valence-corrected chi connectivity index (χ4v) is 6.53. The smallest absolute Gasteiger partial charge is 0.462 e. The van der Waals surface area contributed by atoms with E-state index < -0.39 is 32.5 Å². The van der Waals surface area contributed by atoms with Crippen molar-refractivity contribution in [1.29, 1.82) is 0 Å². The zero-order valence-corrected chi connectivity index (χ0v) is 39.0. The molecule has 0 aliphatic heterocycles. The lowest BCUT2D eigenvalue weighted by Crippen LogP contribution is -2.29. The number of nitrogens with two attached hydrogens (primary N) is 1. The van der Waals surface area contributed by atoms with Crippen LogP contribution < -0.4 is 5.73 Å². The van der Waals surface area contributed by atoms with Crippen LogP contribution in [0.4, 0.5) is 0 Å². The standard InChI is InChI=1S/C51H84NO8P/c1-3-5-7-9-11-13-15-17-18-19-20-21-22-23-24-25-26-27-28-29-30-32-34-36-38-40-42-44-51(54)60-49(48-59-61(55,56)58-46-45-52)47-57-50(53)43-41-39-37-35-33-31-16-14-12-10-8-6-4-2/h5-8,11-14,17-18,20-21,23-24,26-27,31,33,49H,3-4,9-10,15-16,19,22,25,28-30,32,34-48,52H2,1-2H3,(H,55,56)/b7-5-,8-6-,13-11-,14-12-,18-17-,21-20-,24-23-,27-26-,33-31-. The molecule has 10 heteroatoms. The second-order valence-corrected chi connectivity index (χ2v) is 16.3. The Morgan fingerprint density at radius 3 is 1.28 bits per heavy atom. The van der Waals surface area contributed by atoms with Crippen LogP contribution in [-0.4, -0.2) is 49.3 Å². The van der Waals surface area contributed by atoms with Crippen molar-refractivity contribution in [3.05, 3.63) is 109 Å². The second kappa shape index (κ2) is 46.2. The lowest BCUT2D eigenvalue weighted by Gasteiger charge is -2.19. The van der Waals surface area contributed by atoms with Crippen LogP contribution in [0.5, 0.6) is 0 Å². The zero-order chi connectivity index (χ0) is 44.6. The molecule has 0 heterocycles. The van der Waals surface area contributed by atoms with Crippen LogP contribution in [0.3, 0.4) is 0 Å². The van der Waals surface area contributed by atoms with Gasteiger partial charge in [0.25, 0.3) is 0 Å². The minimum atomic E-state index is -4.40. The molecular weight excluding hydrogens is 786 g/mol. The Morgan fingerprint density at radius 1 is 0.492 bits per heavy atom. The summed E-state index contributed by atoms with van der Waals surface area (Å²) in [4.78, 5) is 34.9. The number of ether oxygens (including phenoxy) is 2. The van der Waals surface area contributed by atoms with Gasteiger partial charge in [-0.3, -0.25) is 18.6 Å². The number of allylic oxidation sites excluding steroid dienone is 18. The lowest BCUT2D eigenvalue weighted by molar-refractivity contribution is -0.161. The summed E-state index contributed by atoms with van der Waals surface area (Å²) in [6, 6.07) is 0. The van der Waals surface area contributed by atoms with Crippen LogP contribution in [0, 0.1) is 0 Å². The minimum Gasteiger partial charge on any atom is -0.462 e. The molecule has 0 aliphatic carbocycles. The van der Waals surface area contributed by atoms with Crippen molar-refractivity contribution in [1.82, 2.24) is 0 Å². The van der Waals surface area contributed by atoms with Crippen molar-refractivity contribution < 1.29 is 37.6 Å². The van der Waals surface area contributed by atoms with Crippen molar-refractivity contribution >= 4 is 19.8 Å². The highest BCUT2D eigenvalue weighted by molar-refractivity contribution is 7.47. The Balaban J connectivity index is 4.13. The Morgan fingerprint density at radius 2 is 0.852 bits per heavy atom. The van der Waals surface area contributed by atoms with Gasteiger partial charge in [-0.2, -0.15) is 0 Å². The number of phosphoric ester groups is 1. The van der Waals surface area contributed by atoms with Crippen LogP contribution in [0.2, 0.25) is 0 Å². The van der Waals surface area contributed by atoms with E-state index in [1.54, 1.807) is 0 Å². The molecule has 2 unspecified atom stereocenters. The van der Waals surface area contributed by atoms with E-state index in [0.717, 1.165) is 103 Å². The van der Waals surface area contributed by atoms with Gasteiger partial charge in [0.05, 0.1) is 13.2 Å². The van der Waals surface area contributed by atoms with Crippen LogP contribution >= 0.6 is 7.82 Å². The SMILES string of the molecule is CC/C=C\C/C=C\C/C=C\C/C=C\C/C=C\C/C=C\CCCCCCCCCCC(=O)OC(COC(=O)CCCCC/C=C\C/C=C\C/C=C\CC)COP(=O)(O)OCCN. The monoisotopic (exact) mass is 870 g/mol. The highest BCUT2D eigenvalue weighted by atomic mass is 31.2. The average molecular weight is 870 g/mol. The third-order valence-electron chi connectivity index (χ3n) is 9.15. The van der Waals surface area contributed by atoms with E-state index in [0.29, 0.717) is 12.8 Å². The first-order valence-corrected chi connectivity index (χ1v) is 24.9. The van der Waals surface area contributed by atoms with Gasteiger partial charge in [0.15, 0.2) is 6.10 Å². The van der Waals surface area contributed by atoms with Gasteiger partial charge in [0.2, 0.25) is 0 Å². The van der Waals surface area contributed by atoms with E-state index in [9.17, 15) is 19.0 Å². The Kier molecular flexibility index (Phi) is 43.7. The molecule has 346 valence electrons. The predicted molar refractivity (Wildman–Crippen MR) is 256 cm³/mol. The molecule has 0 spiro atoms. The number of phosphoric acid groups is 1. The van der Waals surface area contributed by atoms with Gasteiger partial charge >= 0.3 is 19.8 Å². The van der Waals surface area contributed by atoms with E-state index in [1.165, 1.54) is 25.7 Å². The largest absolute Gasteiger partial charge is 0.472 e. The molecule has 0 rings (SSSR count). The number of carbonyl (C=O) groups excluding carboxylic acids is 2. The molecule has 0 aromatic carbocycles. The molecule has 0 radical (unpaired) electrons. The fraction of sp³-hybridized carbons (Fsp3) is 0.608. The number of unbranched alkanes of at least 4 members (excludes halogenated alkanes) is 11. The van der Waals surface area contributed by atoms with Gasteiger partial charge in [0, 0.05) is 19.4 Å². The van der Waals surface area contributed by atoms with Crippen molar-refractivity contribution in [3.8, 4) is 0 Å². The molecule has 3 N–H and O–H groups in total. The molecule has 0 aromatic heterocycles. The number of esters is 2. The predicted octanol–water partition coefficient (Wildman–Crippen LogP) is 13.9. The Labute approximate surface area is 371 Å². The van der Waals surface area contributed by atoms with Gasteiger partial charge in [-0.15, -0.1) is 0 Å².